The SMILES string of the molecule is CC(CC(O)c1ccccc1)(N=N)c1ccccc1. The minimum Gasteiger partial charge on any atom is -0.388 e. The first-order chi connectivity index (χ1) is 9.15. The number of hydrogen-bond acceptors (Lipinski definition) is 3. The minimum absolute atomic E-state index is 0.393. The third-order valence-corrected chi connectivity index (χ3v) is 3.42. The van der Waals surface area contributed by atoms with Gasteiger partial charge in [0.2, 0.25) is 0 Å². The smallest absolute Gasteiger partial charge is 0.106 e. The van der Waals surface area contributed by atoms with Crippen molar-refractivity contribution >= 4 is 0 Å². The average molecular weight is 254 g/mol. The van der Waals surface area contributed by atoms with Crippen LogP contribution in [0, 0.1) is 5.53 Å². The van der Waals surface area contributed by atoms with Crippen molar-refractivity contribution in [1.29, 1.82) is 5.53 Å². The van der Waals surface area contributed by atoms with E-state index in [1.165, 1.54) is 0 Å². The van der Waals surface area contributed by atoms with E-state index >= 15 is 0 Å². The summed E-state index contributed by atoms with van der Waals surface area (Å²) in [5.74, 6) is 0. The summed E-state index contributed by atoms with van der Waals surface area (Å²) in [7, 11) is 0. The molecule has 0 spiro atoms. The summed E-state index contributed by atoms with van der Waals surface area (Å²) in [6.45, 7) is 1.88. The number of benzene rings is 2. The fourth-order valence-electron chi connectivity index (χ4n) is 2.19. The molecule has 2 rings (SSSR count). The number of aliphatic hydroxyl groups excluding tert-OH is 1. The van der Waals surface area contributed by atoms with E-state index < -0.39 is 11.6 Å². The van der Waals surface area contributed by atoms with Crippen molar-refractivity contribution in [2.24, 2.45) is 5.11 Å². The summed E-state index contributed by atoms with van der Waals surface area (Å²) in [5, 5.41) is 14.1. The molecule has 0 bridgehead atoms. The predicted molar refractivity (Wildman–Crippen MR) is 75.0 cm³/mol. The van der Waals surface area contributed by atoms with Crippen LogP contribution in [0.15, 0.2) is 65.8 Å². The first-order valence-corrected chi connectivity index (χ1v) is 6.33. The summed E-state index contributed by atoms with van der Waals surface area (Å²) in [5.41, 5.74) is 8.57. The third-order valence-electron chi connectivity index (χ3n) is 3.42. The molecule has 0 saturated carbocycles. The third kappa shape index (κ3) is 3.06. The zero-order valence-electron chi connectivity index (χ0n) is 11.0. The van der Waals surface area contributed by atoms with Crippen LogP contribution in [0.4, 0.5) is 0 Å². The molecule has 0 heterocycles. The number of nitrogens with zero attached hydrogens (tertiary/aromatic N) is 1. The molecule has 3 heteroatoms. The molecule has 0 aliphatic rings. The number of nitrogens with one attached hydrogen (secondary N) is 1. The molecule has 19 heavy (non-hydrogen) atoms. The van der Waals surface area contributed by atoms with Crippen molar-refractivity contribution in [3.05, 3.63) is 71.8 Å². The van der Waals surface area contributed by atoms with Crippen LogP contribution < -0.4 is 0 Å². The van der Waals surface area contributed by atoms with E-state index in [-0.39, 0.29) is 0 Å². The van der Waals surface area contributed by atoms with Crippen LogP contribution in [0.5, 0.6) is 0 Å². The van der Waals surface area contributed by atoms with Gasteiger partial charge in [0.05, 0.1) is 6.10 Å². The Morgan fingerprint density at radius 3 is 2.11 bits per heavy atom. The van der Waals surface area contributed by atoms with E-state index in [2.05, 4.69) is 5.11 Å². The van der Waals surface area contributed by atoms with Crippen molar-refractivity contribution in [2.75, 3.05) is 0 Å². The first-order valence-electron chi connectivity index (χ1n) is 6.33. The molecule has 98 valence electrons. The Labute approximate surface area is 113 Å². The number of rotatable bonds is 5. The van der Waals surface area contributed by atoms with E-state index in [1.54, 1.807) is 0 Å². The zero-order valence-corrected chi connectivity index (χ0v) is 11.0. The van der Waals surface area contributed by atoms with E-state index in [0.717, 1.165) is 11.1 Å². The molecular weight excluding hydrogens is 236 g/mol. The highest BCUT2D eigenvalue weighted by atomic mass is 16.3. The topological polar surface area (TPSA) is 56.4 Å². The second-order valence-electron chi connectivity index (χ2n) is 4.88. The van der Waals surface area contributed by atoms with Crippen LogP contribution in [0.2, 0.25) is 0 Å². The van der Waals surface area contributed by atoms with Crippen molar-refractivity contribution in [2.45, 2.75) is 25.0 Å². The fourth-order valence-corrected chi connectivity index (χ4v) is 2.19. The number of hydrogen-bond donors (Lipinski definition) is 2. The molecule has 2 N–H and O–H groups in total. The van der Waals surface area contributed by atoms with Crippen LogP contribution in [-0.4, -0.2) is 5.11 Å². The largest absolute Gasteiger partial charge is 0.388 e. The average Bonchev–Trinajstić information content (AvgIpc) is 2.49. The summed E-state index contributed by atoms with van der Waals surface area (Å²) in [6, 6.07) is 19.2. The van der Waals surface area contributed by atoms with Gasteiger partial charge in [-0.25, -0.2) is 5.53 Å². The lowest BCUT2D eigenvalue weighted by molar-refractivity contribution is 0.134. The van der Waals surface area contributed by atoms with Crippen molar-refractivity contribution in [3.63, 3.8) is 0 Å². The standard InChI is InChI=1S/C16H18N2O/c1-16(18-17,14-10-6-3-7-11-14)12-15(19)13-8-4-2-5-9-13/h2-11,15,17,19H,12H2,1H3. The Bertz CT molecular complexity index is 527. The lowest BCUT2D eigenvalue weighted by Crippen LogP contribution is -2.22. The van der Waals surface area contributed by atoms with E-state index in [0.29, 0.717) is 6.42 Å². The molecule has 0 aromatic heterocycles. The van der Waals surface area contributed by atoms with Gasteiger partial charge in [0.25, 0.3) is 0 Å². The zero-order chi connectivity index (χ0) is 13.7. The molecule has 2 aromatic rings. The van der Waals surface area contributed by atoms with Gasteiger partial charge in [-0.15, -0.1) is 0 Å². The highest BCUT2D eigenvalue weighted by Gasteiger charge is 2.29. The lowest BCUT2D eigenvalue weighted by Gasteiger charge is -2.26. The molecule has 2 atom stereocenters. The minimum atomic E-state index is -0.698. The Hall–Kier alpha value is -2.00. The monoisotopic (exact) mass is 254 g/mol. The molecule has 0 radical (unpaired) electrons. The molecule has 0 aliphatic heterocycles. The maximum Gasteiger partial charge on any atom is 0.106 e. The molecule has 0 amide bonds. The molecule has 0 fully saturated rings. The van der Waals surface area contributed by atoms with E-state index in [9.17, 15) is 5.11 Å². The summed E-state index contributed by atoms with van der Waals surface area (Å²) < 4.78 is 0. The van der Waals surface area contributed by atoms with Gasteiger partial charge in [0.15, 0.2) is 0 Å². The van der Waals surface area contributed by atoms with Gasteiger partial charge in [0.1, 0.15) is 5.54 Å². The highest BCUT2D eigenvalue weighted by molar-refractivity contribution is 5.25. The molecule has 2 aromatic carbocycles. The maximum atomic E-state index is 10.3. The first kappa shape index (κ1) is 13.4. The molecule has 0 aliphatic carbocycles. The van der Waals surface area contributed by atoms with Gasteiger partial charge in [-0.1, -0.05) is 60.7 Å². The van der Waals surface area contributed by atoms with Crippen LogP contribution in [0.25, 0.3) is 0 Å². The molecule has 3 nitrogen and oxygen atoms in total. The van der Waals surface area contributed by atoms with E-state index in [1.807, 2.05) is 67.6 Å². The fraction of sp³-hybridized carbons (Fsp3) is 0.250. The predicted octanol–water partition coefficient (Wildman–Crippen LogP) is 4.06. The van der Waals surface area contributed by atoms with Gasteiger partial charge in [-0.2, -0.15) is 5.11 Å². The maximum absolute atomic E-state index is 10.3. The van der Waals surface area contributed by atoms with Gasteiger partial charge >= 0.3 is 0 Å². The highest BCUT2D eigenvalue weighted by Crippen LogP contribution is 2.34. The normalized spacial score (nSPS) is 15.5. The Kier molecular flexibility index (Phi) is 4.07. The van der Waals surface area contributed by atoms with Gasteiger partial charge in [-0.3, -0.25) is 0 Å². The quantitative estimate of drug-likeness (QED) is 0.777. The lowest BCUT2D eigenvalue weighted by atomic mass is 9.85. The van der Waals surface area contributed by atoms with Gasteiger partial charge in [0, 0.05) is 6.42 Å². The van der Waals surface area contributed by atoms with Crippen molar-refractivity contribution < 1.29 is 5.11 Å². The summed E-state index contributed by atoms with van der Waals surface area (Å²) in [6.07, 6.45) is -0.231. The molecule has 2 unspecified atom stereocenters. The van der Waals surface area contributed by atoms with Crippen LogP contribution >= 0.6 is 0 Å². The van der Waals surface area contributed by atoms with Crippen LogP contribution in [0.3, 0.4) is 0 Å². The Morgan fingerprint density at radius 1 is 1.05 bits per heavy atom. The summed E-state index contributed by atoms with van der Waals surface area (Å²) >= 11 is 0. The summed E-state index contributed by atoms with van der Waals surface area (Å²) in [4.78, 5) is 0. The van der Waals surface area contributed by atoms with E-state index in [4.69, 9.17) is 5.53 Å². The molecular formula is C16H18N2O. The van der Waals surface area contributed by atoms with Gasteiger partial charge in [-0.05, 0) is 18.1 Å². The molecule has 0 saturated heterocycles. The number of aliphatic hydroxyl groups is 1. The Balaban J connectivity index is 2.22. The Morgan fingerprint density at radius 2 is 1.58 bits per heavy atom. The second-order valence-corrected chi connectivity index (χ2v) is 4.88. The van der Waals surface area contributed by atoms with Crippen molar-refractivity contribution in [1.82, 2.24) is 0 Å². The van der Waals surface area contributed by atoms with Crippen LogP contribution in [0.1, 0.15) is 30.6 Å². The second kappa shape index (κ2) is 5.76. The van der Waals surface area contributed by atoms with Gasteiger partial charge < -0.3 is 5.11 Å². The van der Waals surface area contributed by atoms with Crippen LogP contribution in [-0.2, 0) is 5.54 Å². The van der Waals surface area contributed by atoms with Crippen molar-refractivity contribution in [3.8, 4) is 0 Å².